The Balaban J connectivity index is 1.97. The van der Waals surface area contributed by atoms with Crippen LogP contribution in [0, 0.1) is 6.92 Å². The Hall–Kier alpha value is -2.02. The van der Waals surface area contributed by atoms with E-state index in [1.54, 1.807) is 13.0 Å². The summed E-state index contributed by atoms with van der Waals surface area (Å²) in [6.45, 7) is 6.30. The van der Waals surface area contributed by atoms with Crippen molar-refractivity contribution in [2.75, 3.05) is 11.9 Å². The number of nitrogens with one attached hydrogen (secondary N) is 3. The number of rotatable bonds is 3. The standard InChI is InChI=1S/C14H21N3O4/c1-8-6-10(11(15-8)12(18)19)17-13(20)16-9-4-5-21-14(2,3)7-9/h6,9,15H,4-5,7H2,1-3H3,(H,18,19)(H2,16,17,20). The van der Waals surface area contributed by atoms with E-state index in [0.29, 0.717) is 12.3 Å². The zero-order valence-corrected chi connectivity index (χ0v) is 12.4. The third-order valence-corrected chi connectivity index (χ3v) is 3.45. The first-order valence-electron chi connectivity index (χ1n) is 6.91. The van der Waals surface area contributed by atoms with E-state index in [2.05, 4.69) is 15.6 Å². The second-order valence-corrected chi connectivity index (χ2v) is 5.94. The van der Waals surface area contributed by atoms with Crippen molar-refractivity contribution in [2.45, 2.75) is 45.3 Å². The van der Waals surface area contributed by atoms with Crippen LogP contribution >= 0.6 is 0 Å². The maximum atomic E-state index is 12.0. The number of urea groups is 1. The molecule has 7 heteroatoms. The summed E-state index contributed by atoms with van der Waals surface area (Å²) < 4.78 is 5.59. The molecule has 1 unspecified atom stereocenters. The van der Waals surface area contributed by atoms with Crippen molar-refractivity contribution in [3.63, 3.8) is 0 Å². The number of anilines is 1. The van der Waals surface area contributed by atoms with Gasteiger partial charge in [-0.1, -0.05) is 0 Å². The van der Waals surface area contributed by atoms with Crippen molar-refractivity contribution in [3.8, 4) is 0 Å². The number of ether oxygens (including phenoxy) is 1. The lowest BCUT2D eigenvalue weighted by atomic mass is 9.94. The number of aromatic carboxylic acids is 1. The van der Waals surface area contributed by atoms with Gasteiger partial charge in [-0.15, -0.1) is 0 Å². The molecular weight excluding hydrogens is 274 g/mol. The molecule has 0 aliphatic carbocycles. The highest BCUT2D eigenvalue weighted by molar-refractivity contribution is 5.99. The van der Waals surface area contributed by atoms with Crippen LogP contribution < -0.4 is 10.6 Å². The zero-order chi connectivity index (χ0) is 15.6. The average Bonchev–Trinajstić information content (AvgIpc) is 2.68. The second kappa shape index (κ2) is 5.77. The van der Waals surface area contributed by atoms with Gasteiger partial charge >= 0.3 is 12.0 Å². The third kappa shape index (κ3) is 3.98. The van der Waals surface area contributed by atoms with Gasteiger partial charge in [0.05, 0.1) is 11.3 Å². The molecule has 116 valence electrons. The summed E-state index contributed by atoms with van der Waals surface area (Å²) in [4.78, 5) is 25.8. The van der Waals surface area contributed by atoms with Crippen molar-refractivity contribution in [1.82, 2.24) is 10.3 Å². The van der Waals surface area contributed by atoms with Gasteiger partial charge in [0, 0.05) is 18.3 Å². The maximum absolute atomic E-state index is 12.0. The molecule has 1 aliphatic heterocycles. The molecule has 1 aromatic rings. The minimum Gasteiger partial charge on any atom is -0.477 e. The van der Waals surface area contributed by atoms with Gasteiger partial charge in [0.15, 0.2) is 0 Å². The number of aromatic nitrogens is 1. The Labute approximate surface area is 123 Å². The lowest BCUT2D eigenvalue weighted by Crippen LogP contribution is -2.47. The Morgan fingerprint density at radius 3 is 2.81 bits per heavy atom. The van der Waals surface area contributed by atoms with Crippen LogP contribution in [0.2, 0.25) is 0 Å². The van der Waals surface area contributed by atoms with Crippen molar-refractivity contribution < 1.29 is 19.4 Å². The summed E-state index contributed by atoms with van der Waals surface area (Å²) in [5.74, 6) is -1.11. The van der Waals surface area contributed by atoms with Gasteiger partial charge in [-0.2, -0.15) is 0 Å². The molecule has 1 aromatic heterocycles. The Morgan fingerprint density at radius 2 is 2.19 bits per heavy atom. The lowest BCUT2D eigenvalue weighted by Gasteiger charge is -2.35. The fourth-order valence-corrected chi connectivity index (χ4v) is 2.56. The van der Waals surface area contributed by atoms with E-state index in [9.17, 15) is 9.59 Å². The van der Waals surface area contributed by atoms with E-state index in [4.69, 9.17) is 9.84 Å². The zero-order valence-electron chi connectivity index (χ0n) is 12.4. The summed E-state index contributed by atoms with van der Waals surface area (Å²) in [7, 11) is 0. The molecular formula is C14H21N3O4. The molecule has 2 heterocycles. The topological polar surface area (TPSA) is 103 Å². The van der Waals surface area contributed by atoms with Crippen LogP contribution in [0.1, 0.15) is 42.9 Å². The summed E-state index contributed by atoms with van der Waals surface area (Å²) in [6.07, 6.45) is 1.47. The molecule has 7 nitrogen and oxygen atoms in total. The number of carboxylic acid groups (broad SMARTS) is 1. The van der Waals surface area contributed by atoms with Crippen LogP contribution in [0.25, 0.3) is 0 Å². The molecule has 0 spiro atoms. The van der Waals surface area contributed by atoms with Gasteiger partial charge < -0.3 is 25.5 Å². The summed E-state index contributed by atoms with van der Waals surface area (Å²) in [5, 5.41) is 14.5. The van der Waals surface area contributed by atoms with Crippen LogP contribution in [0.15, 0.2) is 6.07 Å². The van der Waals surface area contributed by atoms with Crippen LogP contribution in [-0.4, -0.2) is 40.3 Å². The number of carbonyl (C=O) groups excluding carboxylic acids is 1. The minimum absolute atomic E-state index is 0.0158. The number of aromatic amines is 1. The van der Waals surface area contributed by atoms with Gasteiger partial charge in [-0.05, 0) is 39.7 Å². The molecule has 4 N–H and O–H groups in total. The third-order valence-electron chi connectivity index (χ3n) is 3.45. The van der Waals surface area contributed by atoms with Crippen LogP contribution in [0.4, 0.5) is 10.5 Å². The highest BCUT2D eigenvalue weighted by Crippen LogP contribution is 2.24. The summed E-state index contributed by atoms with van der Waals surface area (Å²) in [5.41, 5.74) is 0.668. The highest BCUT2D eigenvalue weighted by Gasteiger charge is 2.29. The molecule has 2 rings (SSSR count). The van der Waals surface area contributed by atoms with Gasteiger partial charge in [0.2, 0.25) is 0 Å². The number of carboxylic acids is 1. The van der Waals surface area contributed by atoms with Crippen molar-refractivity contribution in [1.29, 1.82) is 0 Å². The van der Waals surface area contributed by atoms with Crippen molar-refractivity contribution >= 4 is 17.7 Å². The van der Waals surface area contributed by atoms with E-state index in [-0.39, 0.29) is 23.0 Å². The van der Waals surface area contributed by atoms with Crippen molar-refractivity contribution in [3.05, 3.63) is 17.5 Å². The number of H-pyrrole nitrogens is 1. The molecule has 1 atom stereocenters. The summed E-state index contributed by atoms with van der Waals surface area (Å²) in [6, 6.07) is 1.21. The van der Waals surface area contributed by atoms with E-state index in [1.165, 1.54) is 0 Å². The Kier molecular flexibility index (Phi) is 4.22. The van der Waals surface area contributed by atoms with Crippen molar-refractivity contribution in [2.24, 2.45) is 0 Å². The molecule has 21 heavy (non-hydrogen) atoms. The van der Waals surface area contributed by atoms with Crippen LogP contribution in [-0.2, 0) is 4.74 Å². The predicted molar refractivity (Wildman–Crippen MR) is 77.7 cm³/mol. The normalized spacial score (nSPS) is 20.8. The molecule has 2 amide bonds. The van der Waals surface area contributed by atoms with Crippen LogP contribution in [0.3, 0.4) is 0 Å². The molecule has 1 aliphatic rings. The maximum Gasteiger partial charge on any atom is 0.354 e. The minimum atomic E-state index is -1.11. The molecule has 0 aromatic carbocycles. The SMILES string of the molecule is Cc1cc(NC(=O)NC2CCOC(C)(C)C2)c(C(=O)O)[nH]1. The molecule has 1 saturated heterocycles. The van der Waals surface area contributed by atoms with E-state index >= 15 is 0 Å². The van der Waals surface area contributed by atoms with E-state index in [0.717, 1.165) is 12.8 Å². The monoisotopic (exact) mass is 295 g/mol. The number of hydrogen-bond donors (Lipinski definition) is 4. The first-order valence-corrected chi connectivity index (χ1v) is 6.91. The predicted octanol–water partition coefficient (Wildman–Crippen LogP) is 2.10. The van der Waals surface area contributed by atoms with Gasteiger partial charge in [-0.3, -0.25) is 0 Å². The van der Waals surface area contributed by atoms with Gasteiger partial charge in [0.25, 0.3) is 0 Å². The lowest BCUT2D eigenvalue weighted by molar-refractivity contribution is -0.0609. The van der Waals surface area contributed by atoms with Gasteiger partial charge in [0.1, 0.15) is 5.69 Å². The first kappa shape index (κ1) is 15.4. The number of hydrogen-bond acceptors (Lipinski definition) is 3. The first-order chi connectivity index (χ1) is 9.77. The van der Waals surface area contributed by atoms with Gasteiger partial charge in [-0.25, -0.2) is 9.59 Å². The largest absolute Gasteiger partial charge is 0.477 e. The quantitative estimate of drug-likeness (QED) is 0.685. The Bertz CT molecular complexity index is 550. The smallest absolute Gasteiger partial charge is 0.354 e. The second-order valence-electron chi connectivity index (χ2n) is 5.94. The number of amides is 2. The van der Waals surface area contributed by atoms with E-state index < -0.39 is 12.0 Å². The fourth-order valence-electron chi connectivity index (χ4n) is 2.56. The molecule has 1 fully saturated rings. The van der Waals surface area contributed by atoms with E-state index in [1.807, 2.05) is 13.8 Å². The highest BCUT2D eigenvalue weighted by atomic mass is 16.5. The van der Waals surface area contributed by atoms with Crippen LogP contribution in [0.5, 0.6) is 0 Å². The molecule has 0 bridgehead atoms. The Morgan fingerprint density at radius 1 is 1.48 bits per heavy atom. The number of carbonyl (C=O) groups is 2. The number of aryl methyl sites for hydroxylation is 1. The molecule has 0 radical (unpaired) electrons. The molecule has 0 saturated carbocycles. The summed E-state index contributed by atoms with van der Waals surface area (Å²) >= 11 is 0. The fraction of sp³-hybridized carbons (Fsp3) is 0.571. The average molecular weight is 295 g/mol.